The topological polar surface area (TPSA) is 49.4 Å². The van der Waals surface area contributed by atoms with Crippen molar-refractivity contribution >= 4 is 11.7 Å². The van der Waals surface area contributed by atoms with Gasteiger partial charge in [0.1, 0.15) is 0 Å². The quantitative estimate of drug-likeness (QED) is 0.881. The molecule has 1 fully saturated rings. The Morgan fingerprint density at radius 3 is 2.33 bits per heavy atom. The Kier molecular flexibility index (Phi) is 4.76. The molecule has 2 aromatic carbocycles. The second-order valence-corrected chi connectivity index (χ2v) is 6.30. The monoisotopic (exact) mass is 322 g/mol. The van der Waals surface area contributed by atoms with Gasteiger partial charge in [-0.25, -0.2) is 0 Å². The molecule has 0 bridgehead atoms. The fourth-order valence-corrected chi connectivity index (χ4v) is 3.05. The van der Waals surface area contributed by atoms with E-state index in [2.05, 4.69) is 5.32 Å². The van der Waals surface area contributed by atoms with Gasteiger partial charge < -0.3 is 10.2 Å². The summed E-state index contributed by atoms with van der Waals surface area (Å²) in [6.07, 6.45) is 0.941. The van der Waals surface area contributed by atoms with Crippen LogP contribution in [0.4, 0.5) is 0 Å². The van der Waals surface area contributed by atoms with Crippen LogP contribution in [0.25, 0.3) is 0 Å². The lowest BCUT2D eigenvalue weighted by Crippen LogP contribution is -2.39. The standard InChI is InChI=1S/C20H22N2O2/c1-14-7-9-15(10-8-14)19(23)17-5-3-4-6-18(17)20(24)22(2)16-11-12-21-13-16/h3-10,16,21H,11-13H2,1-2H3. The normalized spacial score (nSPS) is 16.8. The first-order valence-corrected chi connectivity index (χ1v) is 8.26. The molecule has 1 unspecified atom stereocenters. The first-order valence-electron chi connectivity index (χ1n) is 8.26. The third kappa shape index (κ3) is 3.24. The minimum absolute atomic E-state index is 0.0974. The molecule has 1 aliphatic heterocycles. The molecule has 1 heterocycles. The number of amides is 1. The molecule has 0 aliphatic carbocycles. The Balaban J connectivity index is 1.91. The van der Waals surface area contributed by atoms with E-state index in [4.69, 9.17) is 0 Å². The van der Waals surface area contributed by atoms with Gasteiger partial charge in [-0.2, -0.15) is 0 Å². The van der Waals surface area contributed by atoms with E-state index in [0.717, 1.165) is 25.1 Å². The largest absolute Gasteiger partial charge is 0.337 e. The predicted molar refractivity (Wildman–Crippen MR) is 94.4 cm³/mol. The summed E-state index contributed by atoms with van der Waals surface area (Å²) in [5.41, 5.74) is 2.64. The van der Waals surface area contributed by atoms with Crippen molar-refractivity contribution in [3.05, 3.63) is 70.8 Å². The van der Waals surface area contributed by atoms with Crippen molar-refractivity contribution in [3.8, 4) is 0 Å². The van der Waals surface area contributed by atoms with Gasteiger partial charge in [0.2, 0.25) is 0 Å². The molecule has 1 saturated heterocycles. The summed E-state index contributed by atoms with van der Waals surface area (Å²) in [7, 11) is 1.81. The molecule has 24 heavy (non-hydrogen) atoms. The van der Waals surface area contributed by atoms with E-state index in [9.17, 15) is 9.59 Å². The van der Waals surface area contributed by atoms with Gasteiger partial charge in [-0.3, -0.25) is 9.59 Å². The van der Waals surface area contributed by atoms with Gasteiger partial charge in [0.25, 0.3) is 5.91 Å². The van der Waals surface area contributed by atoms with Gasteiger partial charge in [0.05, 0.1) is 5.56 Å². The van der Waals surface area contributed by atoms with Crippen LogP contribution in [0.2, 0.25) is 0 Å². The molecule has 1 aliphatic rings. The second kappa shape index (κ2) is 6.97. The van der Waals surface area contributed by atoms with Crippen LogP contribution in [0.15, 0.2) is 48.5 Å². The molecule has 4 heteroatoms. The number of aryl methyl sites for hydroxylation is 1. The summed E-state index contributed by atoms with van der Waals surface area (Å²) in [6, 6.07) is 14.7. The number of hydrogen-bond donors (Lipinski definition) is 1. The zero-order valence-electron chi connectivity index (χ0n) is 14.1. The molecule has 0 aromatic heterocycles. The minimum atomic E-state index is -0.114. The Bertz CT molecular complexity index is 746. The lowest BCUT2D eigenvalue weighted by molar-refractivity contribution is 0.0739. The van der Waals surface area contributed by atoms with Gasteiger partial charge in [-0.1, -0.05) is 48.0 Å². The second-order valence-electron chi connectivity index (χ2n) is 6.30. The van der Waals surface area contributed by atoms with Crippen molar-refractivity contribution in [1.82, 2.24) is 10.2 Å². The van der Waals surface area contributed by atoms with E-state index in [1.807, 2.05) is 38.2 Å². The molecule has 1 N–H and O–H groups in total. The zero-order valence-corrected chi connectivity index (χ0v) is 14.1. The van der Waals surface area contributed by atoms with E-state index >= 15 is 0 Å². The Morgan fingerprint density at radius 1 is 1.04 bits per heavy atom. The number of benzene rings is 2. The molecule has 3 rings (SSSR count). The van der Waals surface area contributed by atoms with Crippen LogP contribution in [0.1, 0.15) is 38.3 Å². The fraction of sp³-hybridized carbons (Fsp3) is 0.300. The molecule has 0 radical (unpaired) electrons. The number of likely N-dealkylation sites (N-methyl/N-ethyl adjacent to an activating group) is 1. The molecule has 0 saturated carbocycles. The van der Waals surface area contributed by atoms with E-state index in [0.29, 0.717) is 16.7 Å². The Labute approximate surface area is 142 Å². The number of carbonyl (C=O) groups is 2. The van der Waals surface area contributed by atoms with Crippen LogP contribution in [0.5, 0.6) is 0 Å². The molecule has 1 amide bonds. The summed E-state index contributed by atoms with van der Waals surface area (Å²) in [4.78, 5) is 27.5. The van der Waals surface area contributed by atoms with Crippen LogP contribution in [-0.2, 0) is 0 Å². The third-order valence-corrected chi connectivity index (χ3v) is 4.62. The molecule has 0 spiro atoms. The SMILES string of the molecule is Cc1ccc(C(=O)c2ccccc2C(=O)N(C)C2CCNC2)cc1. The highest BCUT2D eigenvalue weighted by atomic mass is 16.2. The number of hydrogen-bond acceptors (Lipinski definition) is 3. The third-order valence-electron chi connectivity index (χ3n) is 4.62. The molecule has 4 nitrogen and oxygen atoms in total. The first-order chi connectivity index (χ1) is 11.6. The van der Waals surface area contributed by atoms with Gasteiger partial charge in [-0.15, -0.1) is 0 Å². The Hall–Kier alpha value is -2.46. The van der Waals surface area contributed by atoms with Gasteiger partial charge in [-0.05, 0) is 26.0 Å². The predicted octanol–water partition coefficient (Wildman–Crippen LogP) is 2.66. The van der Waals surface area contributed by atoms with Gasteiger partial charge in [0.15, 0.2) is 5.78 Å². The lowest BCUT2D eigenvalue weighted by atomic mass is 9.97. The van der Waals surface area contributed by atoms with Crippen LogP contribution < -0.4 is 5.32 Å². The van der Waals surface area contributed by atoms with Crippen molar-refractivity contribution in [3.63, 3.8) is 0 Å². The van der Waals surface area contributed by atoms with Crippen LogP contribution >= 0.6 is 0 Å². The number of nitrogens with one attached hydrogen (secondary N) is 1. The number of rotatable bonds is 4. The van der Waals surface area contributed by atoms with Crippen LogP contribution in [0.3, 0.4) is 0 Å². The van der Waals surface area contributed by atoms with Crippen molar-refractivity contribution in [2.45, 2.75) is 19.4 Å². The minimum Gasteiger partial charge on any atom is -0.337 e. The maximum absolute atomic E-state index is 12.9. The molecule has 2 aromatic rings. The van der Waals surface area contributed by atoms with E-state index in [1.165, 1.54) is 0 Å². The summed E-state index contributed by atoms with van der Waals surface area (Å²) in [5, 5.41) is 3.27. The van der Waals surface area contributed by atoms with Crippen molar-refractivity contribution in [1.29, 1.82) is 0 Å². The first kappa shape index (κ1) is 16.4. The van der Waals surface area contributed by atoms with Crippen LogP contribution in [0, 0.1) is 6.92 Å². The van der Waals surface area contributed by atoms with Crippen molar-refractivity contribution < 1.29 is 9.59 Å². The van der Waals surface area contributed by atoms with Crippen molar-refractivity contribution in [2.75, 3.05) is 20.1 Å². The smallest absolute Gasteiger partial charge is 0.254 e. The maximum Gasteiger partial charge on any atom is 0.254 e. The highest BCUT2D eigenvalue weighted by Crippen LogP contribution is 2.19. The van der Waals surface area contributed by atoms with E-state index in [1.54, 1.807) is 29.2 Å². The van der Waals surface area contributed by atoms with Crippen LogP contribution in [-0.4, -0.2) is 42.8 Å². The van der Waals surface area contributed by atoms with Crippen molar-refractivity contribution in [2.24, 2.45) is 0 Å². The molecular formula is C20H22N2O2. The Morgan fingerprint density at radius 2 is 1.71 bits per heavy atom. The van der Waals surface area contributed by atoms with Gasteiger partial charge in [0, 0.05) is 30.8 Å². The summed E-state index contributed by atoms with van der Waals surface area (Å²) >= 11 is 0. The summed E-state index contributed by atoms with van der Waals surface area (Å²) in [5.74, 6) is -0.211. The number of carbonyl (C=O) groups excluding carboxylic acids is 2. The fourth-order valence-electron chi connectivity index (χ4n) is 3.05. The molecule has 1 atom stereocenters. The summed E-state index contributed by atoms with van der Waals surface area (Å²) in [6.45, 7) is 3.71. The highest BCUT2D eigenvalue weighted by molar-refractivity contribution is 6.15. The summed E-state index contributed by atoms with van der Waals surface area (Å²) < 4.78 is 0. The maximum atomic E-state index is 12.9. The van der Waals surface area contributed by atoms with E-state index in [-0.39, 0.29) is 17.7 Å². The number of ketones is 1. The average molecular weight is 322 g/mol. The van der Waals surface area contributed by atoms with E-state index < -0.39 is 0 Å². The molecule has 124 valence electrons. The van der Waals surface area contributed by atoms with Gasteiger partial charge >= 0.3 is 0 Å². The highest BCUT2D eigenvalue weighted by Gasteiger charge is 2.26. The lowest BCUT2D eigenvalue weighted by Gasteiger charge is -2.24. The number of nitrogens with zero attached hydrogens (tertiary/aromatic N) is 1. The average Bonchev–Trinajstić information content (AvgIpc) is 3.15. The zero-order chi connectivity index (χ0) is 17.1. The molecular weight excluding hydrogens is 300 g/mol.